The van der Waals surface area contributed by atoms with E-state index in [9.17, 15) is 14.0 Å². The Kier molecular flexibility index (Phi) is 6.66. The van der Waals surface area contributed by atoms with Crippen LogP contribution in [0.2, 0.25) is 0 Å². The van der Waals surface area contributed by atoms with Crippen LogP contribution in [-0.4, -0.2) is 47.7 Å². The van der Waals surface area contributed by atoms with Gasteiger partial charge in [0, 0.05) is 41.6 Å². The molecule has 0 bridgehead atoms. The van der Waals surface area contributed by atoms with Gasteiger partial charge in [-0.2, -0.15) is 0 Å². The first-order valence-corrected chi connectivity index (χ1v) is 12.3. The molecule has 5 N–H and O–H groups in total. The summed E-state index contributed by atoms with van der Waals surface area (Å²) in [6, 6.07) is 14.4. The van der Waals surface area contributed by atoms with Gasteiger partial charge in [0.2, 0.25) is 5.79 Å². The van der Waals surface area contributed by atoms with Crippen LogP contribution in [0.3, 0.4) is 0 Å². The van der Waals surface area contributed by atoms with Gasteiger partial charge in [0.25, 0.3) is 5.91 Å². The Hall–Kier alpha value is -4.18. The molecule has 0 radical (unpaired) electrons. The maximum absolute atomic E-state index is 14.7. The summed E-state index contributed by atoms with van der Waals surface area (Å²) < 4.78 is 19.8. The minimum atomic E-state index is -1.48. The van der Waals surface area contributed by atoms with Crippen LogP contribution >= 0.6 is 0 Å². The van der Waals surface area contributed by atoms with Gasteiger partial charge in [0.15, 0.2) is 5.83 Å². The summed E-state index contributed by atoms with van der Waals surface area (Å²) in [6.07, 6.45) is 4.02. The van der Waals surface area contributed by atoms with Crippen molar-refractivity contribution < 1.29 is 18.7 Å². The second-order valence-corrected chi connectivity index (χ2v) is 9.18. The Morgan fingerprint density at radius 2 is 2.03 bits per heavy atom. The number of carbonyl (C=O) groups is 2. The number of anilines is 1. The van der Waals surface area contributed by atoms with Crippen molar-refractivity contribution in [1.29, 1.82) is 0 Å². The van der Waals surface area contributed by atoms with Gasteiger partial charge in [-0.25, -0.2) is 9.38 Å². The largest absolute Gasteiger partial charge is 0.466 e. The molecule has 1 aromatic heterocycles. The second kappa shape index (κ2) is 10.1. The Labute approximate surface area is 213 Å². The molecule has 1 amide bonds. The highest BCUT2D eigenvalue weighted by molar-refractivity contribution is 5.94. The van der Waals surface area contributed by atoms with E-state index in [1.807, 2.05) is 30.5 Å². The summed E-state index contributed by atoms with van der Waals surface area (Å²) in [6.45, 7) is 3.05. The first-order chi connectivity index (χ1) is 17.9. The van der Waals surface area contributed by atoms with E-state index in [4.69, 9.17) is 10.5 Å². The Morgan fingerprint density at radius 1 is 1.22 bits per heavy atom. The molecular weight excluding hydrogens is 475 g/mol. The maximum atomic E-state index is 14.7. The summed E-state index contributed by atoms with van der Waals surface area (Å²) >= 11 is 0. The molecule has 0 spiro atoms. The molecule has 1 saturated heterocycles. The Balaban J connectivity index is 1.29. The van der Waals surface area contributed by atoms with Crippen LogP contribution in [0.5, 0.6) is 0 Å². The predicted octanol–water partition coefficient (Wildman–Crippen LogP) is 3.58. The smallest absolute Gasteiger partial charge is 0.309 e. The maximum Gasteiger partial charge on any atom is 0.309 e. The number of nitrogens with zero attached hydrogens (tertiary/aromatic N) is 2. The third-order valence-corrected chi connectivity index (χ3v) is 6.71. The average Bonchev–Trinajstić information content (AvgIpc) is 3.39. The third-order valence-electron chi connectivity index (χ3n) is 6.71. The zero-order valence-corrected chi connectivity index (χ0v) is 20.5. The number of carbonyl (C=O) groups excluding carboxylic acids is 2. The van der Waals surface area contributed by atoms with E-state index in [-0.39, 0.29) is 23.6 Å². The number of rotatable bonds is 6. The lowest BCUT2D eigenvalue weighted by Gasteiger charge is -2.33. The van der Waals surface area contributed by atoms with Gasteiger partial charge in [0.05, 0.1) is 18.7 Å². The molecule has 37 heavy (non-hydrogen) atoms. The monoisotopic (exact) mass is 504 g/mol. The number of aromatic nitrogens is 1. The average molecular weight is 505 g/mol. The number of esters is 1. The standard InChI is InChI=1S/C27H29FN6O3/c1-2-37-26(36)18-9-12-34(13-10-18)25(35)19-4-3-5-20(14-19)27(29)31-16-22(28)24(33-27)32-21-7-6-17-8-11-30-23(17)15-21/h3-8,11,14-16,18,30,32-33H,2,9-10,12-13,29H2,1H3. The number of benzene rings is 2. The van der Waals surface area contributed by atoms with Gasteiger partial charge in [0.1, 0.15) is 5.82 Å². The number of nitrogens with one attached hydrogen (secondary N) is 3. The molecule has 2 aromatic carbocycles. The number of halogens is 1. The predicted molar refractivity (Wildman–Crippen MR) is 139 cm³/mol. The second-order valence-electron chi connectivity index (χ2n) is 9.18. The number of H-pyrrole nitrogens is 1. The first-order valence-electron chi connectivity index (χ1n) is 12.3. The number of hydrogen-bond acceptors (Lipinski definition) is 7. The third kappa shape index (κ3) is 5.05. The number of hydrogen-bond donors (Lipinski definition) is 4. The molecule has 2 aliphatic rings. The molecule has 3 heterocycles. The number of likely N-dealkylation sites (tertiary alicyclic amines) is 1. The number of nitrogens with two attached hydrogens (primary N) is 1. The number of fused-ring (bicyclic) bond motifs is 1. The molecule has 5 rings (SSSR count). The van der Waals surface area contributed by atoms with Gasteiger partial charge in [-0.3, -0.25) is 15.3 Å². The van der Waals surface area contributed by atoms with E-state index in [0.29, 0.717) is 49.4 Å². The highest BCUT2D eigenvalue weighted by atomic mass is 19.1. The lowest BCUT2D eigenvalue weighted by molar-refractivity contribution is -0.149. The molecule has 0 aliphatic carbocycles. The fraction of sp³-hybridized carbons (Fsp3) is 0.296. The molecule has 10 heteroatoms. The molecule has 0 saturated carbocycles. The van der Waals surface area contributed by atoms with Crippen molar-refractivity contribution in [2.75, 3.05) is 25.0 Å². The van der Waals surface area contributed by atoms with Crippen molar-refractivity contribution >= 4 is 34.7 Å². The quantitative estimate of drug-likeness (QED) is 0.381. The van der Waals surface area contributed by atoms with E-state index in [0.717, 1.165) is 17.1 Å². The minimum absolute atomic E-state index is 0.0705. The van der Waals surface area contributed by atoms with Crippen LogP contribution in [0, 0.1) is 5.92 Å². The van der Waals surface area contributed by atoms with E-state index in [1.54, 1.807) is 36.1 Å². The fourth-order valence-corrected chi connectivity index (χ4v) is 4.66. The highest BCUT2D eigenvalue weighted by Gasteiger charge is 2.33. The molecule has 192 valence electrons. The van der Waals surface area contributed by atoms with E-state index >= 15 is 0 Å². The van der Waals surface area contributed by atoms with Gasteiger partial charge < -0.3 is 25.3 Å². The van der Waals surface area contributed by atoms with E-state index < -0.39 is 11.6 Å². The molecule has 9 nitrogen and oxygen atoms in total. The fourth-order valence-electron chi connectivity index (χ4n) is 4.66. The molecule has 1 atom stereocenters. The SMILES string of the molecule is CCOC(=O)C1CCN(C(=O)c2cccc(C3(N)N=CC(F)=C(Nc4ccc5cc[nH]c5c4)N3)c2)CC1. The van der Waals surface area contributed by atoms with E-state index in [1.165, 1.54) is 0 Å². The van der Waals surface area contributed by atoms with Crippen molar-refractivity contribution in [2.45, 2.75) is 25.6 Å². The van der Waals surface area contributed by atoms with Crippen molar-refractivity contribution in [3.05, 3.63) is 77.5 Å². The summed E-state index contributed by atoms with van der Waals surface area (Å²) in [4.78, 5) is 34.3. The van der Waals surface area contributed by atoms with Crippen LogP contribution in [0.25, 0.3) is 10.9 Å². The van der Waals surface area contributed by atoms with Crippen LogP contribution < -0.4 is 16.4 Å². The summed E-state index contributed by atoms with van der Waals surface area (Å²) in [5.74, 6) is -2.56. The van der Waals surface area contributed by atoms with Crippen molar-refractivity contribution in [1.82, 2.24) is 15.2 Å². The number of allylic oxidation sites excluding steroid dienone is 1. The van der Waals surface area contributed by atoms with Crippen molar-refractivity contribution in [2.24, 2.45) is 16.6 Å². The lowest BCUT2D eigenvalue weighted by Crippen LogP contribution is -2.51. The van der Waals surface area contributed by atoms with Crippen LogP contribution in [0.15, 0.2) is 71.4 Å². The molecule has 1 unspecified atom stereocenters. The Bertz CT molecular complexity index is 1390. The molecule has 2 aliphatic heterocycles. The number of amides is 1. The van der Waals surface area contributed by atoms with Crippen LogP contribution in [0.4, 0.5) is 10.1 Å². The first kappa shape index (κ1) is 24.5. The van der Waals surface area contributed by atoms with Crippen LogP contribution in [0.1, 0.15) is 35.7 Å². The zero-order valence-electron chi connectivity index (χ0n) is 20.5. The van der Waals surface area contributed by atoms with Gasteiger partial charge >= 0.3 is 5.97 Å². The van der Waals surface area contributed by atoms with Gasteiger partial charge in [-0.1, -0.05) is 18.2 Å². The molecular formula is C27H29FN6O3. The topological polar surface area (TPSA) is 125 Å². The number of aromatic amines is 1. The van der Waals surface area contributed by atoms with Crippen molar-refractivity contribution in [3.63, 3.8) is 0 Å². The lowest BCUT2D eigenvalue weighted by atomic mass is 9.96. The number of ether oxygens (including phenoxy) is 1. The van der Waals surface area contributed by atoms with Crippen LogP contribution in [-0.2, 0) is 15.3 Å². The van der Waals surface area contributed by atoms with Gasteiger partial charge in [-0.05, 0) is 55.5 Å². The highest BCUT2D eigenvalue weighted by Crippen LogP contribution is 2.27. The summed E-state index contributed by atoms with van der Waals surface area (Å²) in [7, 11) is 0. The summed E-state index contributed by atoms with van der Waals surface area (Å²) in [5.41, 5.74) is 9.07. The zero-order chi connectivity index (χ0) is 26.0. The number of aliphatic imine (C=N–C) groups is 1. The normalized spacial score (nSPS) is 20.1. The van der Waals surface area contributed by atoms with Crippen molar-refractivity contribution in [3.8, 4) is 0 Å². The van der Waals surface area contributed by atoms with Gasteiger partial charge in [-0.15, -0.1) is 0 Å². The summed E-state index contributed by atoms with van der Waals surface area (Å²) in [5, 5.41) is 7.03. The number of piperidine rings is 1. The minimum Gasteiger partial charge on any atom is -0.466 e. The molecule has 3 aromatic rings. The Morgan fingerprint density at radius 3 is 2.81 bits per heavy atom. The molecule has 1 fully saturated rings. The van der Waals surface area contributed by atoms with E-state index in [2.05, 4.69) is 20.6 Å².